The molecule has 1 saturated heterocycles. The van der Waals surface area contributed by atoms with E-state index in [0.29, 0.717) is 28.4 Å². The molecule has 4 rings (SSSR count). The summed E-state index contributed by atoms with van der Waals surface area (Å²) in [6.45, 7) is 10.6. The Morgan fingerprint density at radius 3 is 2.68 bits per heavy atom. The number of anilines is 1. The minimum Gasteiger partial charge on any atom is -0.379 e. The molecule has 3 aromatic rings. The quantitative estimate of drug-likeness (QED) is 0.369. The van der Waals surface area contributed by atoms with Crippen molar-refractivity contribution in [3.05, 3.63) is 46.9 Å². The molecule has 0 bridgehead atoms. The first-order valence-corrected chi connectivity index (χ1v) is 12.6. The zero-order chi connectivity index (χ0) is 24.1. The number of aromatic nitrogens is 4. The van der Waals surface area contributed by atoms with Gasteiger partial charge in [0.25, 0.3) is 5.56 Å². The molecule has 2 aromatic heterocycles. The third-order valence-corrected chi connectivity index (χ3v) is 6.94. The van der Waals surface area contributed by atoms with Gasteiger partial charge in [-0.25, -0.2) is 9.67 Å². The molecule has 1 N–H and O–H groups in total. The van der Waals surface area contributed by atoms with Crippen molar-refractivity contribution in [3.63, 3.8) is 0 Å². The van der Waals surface area contributed by atoms with Gasteiger partial charge in [-0.2, -0.15) is 5.10 Å². The zero-order valence-electron chi connectivity index (χ0n) is 19.9. The topological polar surface area (TPSA) is 94.3 Å². The van der Waals surface area contributed by atoms with Crippen molar-refractivity contribution in [1.82, 2.24) is 24.2 Å². The number of nitrogens with one attached hydrogen (secondary N) is 1. The third-order valence-electron chi connectivity index (χ3n) is 5.85. The van der Waals surface area contributed by atoms with Crippen molar-refractivity contribution in [2.24, 2.45) is 0 Å². The molecule has 1 aliphatic rings. The fraction of sp³-hybridized carbons (Fsp3) is 0.500. The van der Waals surface area contributed by atoms with Gasteiger partial charge < -0.3 is 10.1 Å². The van der Waals surface area contributed by atoms with Gasteiger partial charge in [-0.15, -0.1) is 0 Å². The van der Waals surface area contributed by atoms with E-state index in [1.54, 1.807) is 27.6 Å². The molecule has 0 radical (unpaired) electrons. The highest BCUT2D eigenvalue weighted by molar-refractivity contribution is 8.00. The van der Waals surface area contributed by atoms with E-state index in [2.05, 4.69) is 15.3 Å². The maximum absolute atomic E-state index is 13.3. The van der Waals surface area contributed by atoms with Crippen LogP contribution in [0, 0.1) is 0 Å². The van der Waals surface area contributed by atoms with Crippen LogP contribution in [0.3, 0.4) is 0 Å². The molecule has 3 heterocycles. The monoisotopic (exact) mass is 484 g/mol. The number of thioether (sulfide) groups is 1. The van der Waals surface area contributed by atoms with E-state index in [1.165, 1.54) is 11.8 Å². The minimum atomic E-state index is -0.450. The Bertz CT molecular complexity index is 1180. The normalized spacial score (nSPS) is 15.6. The summed E-state index contributed by atoms with van der Waals surface area (Å²) in [6, 6.07) is 9.28. The Hall–Kier alpha value is -2.69. The van der Waals surface area contributed by atoms with Crippen LogP contribution in [-0.4, -0.2) is 68.2 Å². The SMILES string of the molecule is CC(Sc1nc2ccccc2c(=O)n1CCCN1CCOCC1)C(=O)Nc1ccnn1C(C)C. The molecule has 1 unspecified atom stereocenters. The molecule has 1 fully saturated rings. The second-order valence-electron chi connectivity index (χ2n) is 8.68. The van der Waals surface area contributed by atoms with Crippen molar-refractivity contribution in [1.29, 1.82) is 0 Å². The predicted molar refractivity (Wildman–Crippen MR) is 134 cm³/mol. The molecular weight excluding hydrogens is 452 g/mol. The van der Waals surface area contributed by atoms with E-state index in [9.17, 15) is 9.59 Å². The molecule has 182 valence electrons. The molecule has 1 atom stereocenters. The molecule has 0 saturated carbocycles. The van der Waals surface area contributed by atoms with Crippen molar-refractivity contribution < 1.29 is 9.53 Å². The molecular formula is C24H32N6O3S. The number of hydrogen-bond acceptors (Lipinski definition) is 7. The number of ether oxygens (including phenoxy) is 1. The van der Waals surface area contributed by atoms with E-state index in [4.69, 9.17) is 9.72 Å². The van der Waals surface area contributed by atoms with Crippen LogP contribution in [-0.2, 0) is 16.1 Å². The van der Waals surface area contributed by atoms with Gasteiger partial charge in [0.1, 0.15) is 5.82 Å². The lowest BCUT2D eigenvalue weighted by atomic mass is 10.2. The summed E-state index contributed by atoms with van der Waals surface area (Å²) in [7, 11) is 0. The fourth-order valence-electron chi connectivity index (χ4n) is 3.98. The fourth-order valence-corrected chi connectivity index (χ4v) is 4.91. The van der Waals surface area contributed by atoms with Crippen molar-refractivity contribution >= 4 is 34.4 Å². The van der Waals surface area contributed by atoms with Gasteiger partial charge in [0.05, 0.1) is 35.6 Å². The van der Waals surface area contributed by atoms with Gasteiger partial charge in [-0.3, -0.25) is 19.1 Å². The Balaban J connectivity index is 1.52. The van der Waals surface area contributed by atoms with Gasteiger partial charge >= 0.3 is 0 Å². The second kappa shape index (κ2) is 11.2. The zero-order valence-corrected chi connectivity index (χ0v) is 20.8. The van der Waals surface area contributed by atoms with Crippen molar-refractivity contribution in [2.45, 2.75) is 50.2 Å². The summed E-state index contributed by atoms with van der Waals surface area (Å²) < 4.78 is 8.91. The van der Waals surface area contributed by atoms with Crippen LogP contribution in [0.15, 0.2) is 46.5 Å². The molecule has 0 aliphatic carbocycles. The number of rotatable bonds is 9. The number of para-hydroxylation sites is 1. The van der Waals surface area contributed by atoms with Crippen LogP contribution in [0.2, 0.25) is 0 Å². The molecule has 34 heavy (non-hydrogen) atoms. The maximum Gasteiger partial charge on any atom is 0.262 e. The number of amides is 1. The van der Waals surface area contributed by atoms with Crippen molar-refractivity contribution in [2.75, 3.05) is 38.2 Å². The van der Waals surface area contributed by atoms with E-state index in [1.807, 2.05) is 39.0 Å². The largest absolute Gasteiger partial charge is 0.379 e. The second-order valence-corrected chi connectivity index (χ2v) is 9.99. The van der Waals surface area contributed by atoms with Crippen LogP contribution < -0.4 is 10.9 Å². The van der Waals surface area contributed by atoms with Crippen LogP contribution in [0.25, 0.3) is 10.9 Å². The summed E-state index contributed by atoms with van der Waals surface area (Å²) in [5, 5.41) is 7.93. The number of morpholine rings is 1. The Labute approximate surface area is 203 Å². The number of fused-ring (bicyclic) bond motifs is 1. The van der Waals surface area contributed by atoms with E-state index in [-0.39, 0.29) is 17.5 Å². The number of carbonyl (C=O) groups is 1. The number of carbonyl (C=O) groups excluding carboxylic acids is 1. The Kier molecular flexibility index (Phi) is 8.02. The summed E-state index contributed by atoms with van der Waals surface area (Å²) in [5.74, 6) is 0.497. The first-order chi connectivity index (χ1) is 16.4. The highest BCUT2D eigenvalue weighted by atomic mass is 32.2. The van der Waals surface area contributed by atoms with Crippen LogP contribution in [0.4, 0.5) is 5.82 Å². The van der Waals surface area contributed by atoms with Gasteiger partial charge in [-0.1, -0.05) is 23.9 Å². The molecule has 0 spiro atoms. The Morgan fingerprint density at radius 1 is 1.15 bits per heavy atom. The van der Waals surface area contributed by atoms with E-state index >= 15 is 0 Å². The average molecular weight is 485 g/mol. The van der Waals surface area contributed by atoms with Crippen molar-refractivity contribution in [3.8, 4) is 0 Å². The molecule has 9 nitrogen and oxygen atoms in total. The molecule has 1 aromatic carbocycles. The summed E-state index contributed by atoms with van der Waals surface area (Å²) in [6.07, 6.45) is 2.49. The lowest BCUT2D eigenvalue weighted by Crippen LogP contribution is -2.37. The van der Waals surface area contributed by atoms with Gasteiger partial charge in [0, 0.05) is 38.3 Å². The molecule has 1 amide bonds. The average Bonchev–Trinajstić information content (AvgIpc) is 3.30. The van der Waals surface area contributed by atoms with Crippen LogP contribution in [0.1, 0.15) is 33.2 Å². The van der Waals surface area contributed by atoms with Crippen LogP contribution >= 0.6 is 11.8 Å². The maximum atomic E-state index is 13.3. The lowest BCUT2D eigenvalue weighted by Gasteiger charge is -2.26. The summed E-state index contributed by atoms with van der Waals surface area (Å²) >= 11 is 1.31. The van der Waals surface area contributed by atoms with E-state index in [0.717, 1.165) is 39.3 Å². The standard InChI is InChI=1S/C24H32N6O3S/c1-17(2)30-21(9-10-25-30)27-22(31)18(3)34-24-26-20-8-5-4-7-19(20)23(32)29(24)12-6-11-28-13-15-33-16-14-28/h4-5,7-10,17-18H,6,11-16H2,1-3H3,(H,27,31). The first kappa shape index (κ1) is 24.4. The van der Waals surface area contributed by atoms with Crippen LogP contribution in [0.5, 0.6) is 0 Å². The number of hydrogen-bond donors (Lipinski definition) is 1. The van der Waals surface area contributed by atoms with Gasteiger partial charge in [-0.05, 0) is 39.3 Å². The number of benzene rings is 1. The third kappa shape index (κ3) is 5.68. The van der Waals surface area contributed by atoms with Gasteiger partial charge in [0.2, 0.25) is 5.91 Å². The summed E-state index contributed by atoms with van der Waals surface area (Å²) in [4.78, 5) is 33.4. The predicted octanol–water partition coefficient (Wildman–Crippen LogP) is 3.02. The van der Waals surface area contributed by atoms with E-state index < -0.39 is 5.25 Å². The smallest absolute Gasteiger partial charge is 0.262 e. The molecule has 10 heteroatoms. The number of nitrogens with zero attached hydrogens (tertiary/aromatic N) is 5. The lowest BCUT2D eigenvalue weighted by molar-refractivity contribution is -0.115. The Morgan fingerprint density at radius 2 is 1.91 bits per heavy atom. The van der Waals surface area contributed by atoms with Gasteiger partial charge in [0.15, 0.2) is 5.16 Å². The highest BCUT2D eigenvalue weighted by Crippen LogP contribution is 2.24. The first-order valence-electron chi connectivity index (χ1n) is 11.7. The minimum absolute atomic E-state index is 0.0689. The highest BCUT2D eigenvalue weighted by Gasteiger charge is 2.21. The molecule has 1 aliphatic heterocycles. The summed E-state index contributed by atoms with van der Waals surface area (Å²) in [5.41, 5.74) is 0.575.